The van der Waals surface area contributed by atoms with Gasteiger partial charge in [-0.25, -0.2) is 13.6 Å². The molecule has 0 aliphatic rings. The molecule has 0 saturated heterocycles. The van der Waals surface area contributed by atoms with Crippen LogP contribution in [0.15, 0.2) is 82.6 Å². The molecule has 0 bridgehead atoms. The summed E-state index contributed by atoms with van der Waals surface area (Å²) in [7, 11) is -7.91. The number of anilines is 2. The van der Waals surface area contributed by atoms with Crippen LogP contribution < -0.4 is 15.0 Å². The Morgan fingerprint density at radius 1 is 0.800 bits per heavy atom. The van der Waals surface area contributed by atoms with E-state index in [9.17, 15) is 16.8 Å². The molecule has 154 valence electrons. The molecule has 1 heterocycles. The number of fused-ring (bicyclic) bond motifs is 1. The third-order valence-electron chi connectivity index (χ3n) is 4.18. The number of hydrogen-bond acceptors (Lipinski definition) is 8. The molecular weight excluding hydrogens is 446 g/mol. The van der Waals surface area contributed by atoms with Gasteiger partial charge in [-0.2, -0.15) is 21.6 Å². The number of primary sulfonamides is 1. The van der Waals surface area contributed by atoms with Gasteiger partial charge in [0.25, 0.3) is 10.0 Å². The summed E-state index contributed by atoms with van der Waals surface area (Å²) in [6.45, 7) is 0. The first-order valence-corrected chi connectivity index (χ1v) is 12.2. The largest absolute Gasteiger partial charge is 0.284 e. The minimum Gasteiger partial charge on any atom is -0.284 e. The summed E-state index contributed by atoms with van der Waals surface area (Å²) >= 11 is 0.972. The van der Waals surface area contributed by atoms with Crippen molar-refractivity contribution >= 4 is 54.2 Å². The minimum absolute atomic E-state index is 0.0684. The number of nitrogens with two attached hydrogens (primary N) is 1. The number of hydrazine groups is 1. The van der Waals surface area contributed by atoms with Crippen molar-refractivity contribution in [2.75, 3.05) is 9.84 Å². The number of aromatic nitrogens is 2. The highest BCUT2D eigenvalue weighted by Gasteiger charge is 2.28. The highest BCUT2D eigenvalue weighted by molar-refractivity contribution is 7.93. The van der Waals surface area contributed by atoms with Crippen LogP contribution in [-0.4, -0.2) is 25.6 Å². The summed E-state index contributed by atoms with van der Waals surface area (Å²) in [6.07, 6.45) is 0. The fraction of sp³-hybridized carbons (Fsp3) is 0. The Hall–Kier alpha value is -3.06. The minimum atomic E-state index is -4.04. The number of sulfonamides is 2. The quantitative estimate of drug-likeness (QED) is 0.421. The molecule has 3 aromatic carbocycles. The fourth-order valence-electron chi connectivity index (χ4n) is 2.74. The lowest BCUT2D eigenvalue weighted by atomic mass is 10.3. The van der Waals surface area contributed by atoms with Crippen molar-refractivity contribution in [1.29, 1.82) is 0 Å². The molecule has 4 rings (SSSR count). The second kappa shape index (κ2) is 7.65. The maximum atomic E-state index is 13.4. The number of benzene rings is 3. The number of nitrogens with zero attached hydrogens (tertiary/aromatic N) is 3. The van der Waals surface area contributed by atoms with Gasteiger partial charge in [-0.15, -0.1) is 0 Å². The van der Waals surface area contributed by atoms with E-state index in [1.54, 1.807) is 36.4 Å². The van der Waals surface area contributed by atoms with Crippen molar-refractivity contribution in [2.24, 2.45) is 5.14 Å². The van der Waals surface area contributed by atoms with Gasteiger partial charge in [-0.3, -0.25) is 5.43 Å². The summed E-state index contributed by atoms with van der Waals surface area (Å²) < 4.78 is 59.2. The lowest BCUT2D eigenvalue weighted by molar-refractivity contribution is 0.593. The molecule has 0 fully saturated rings. The van der Waals surface area contributed by atoms with Crippen LogP contribution in [0.25, 0.3) is 11.0 Å². The highest BCUT2D eigenvalue weighted by Crippen LogP contribution is 2.30. The van der Waals surface area contributed by atoms with Crippen molar-refractivity contribution in [1.82, 2.24) is 8.75 Å². The van der Waals surface area contributed by atoms with Gasteiger partial charge < -0.3 is 0 Å². The first kappa shape index (κ1) is 20.2. The van der Waals surface area contributed by atoms with E-state index in [2.05, 4.69) is 14.2 Å². The maximum Gasteiger partial charge on any atom is 0.281 e. The van der Waals surface area contributed by atoms with E-state index in [0.717, 1.165) is 16.1 Å². The molecular formula is C18H15N5O4S3. The third-order valence-corrected chi connectivity index (χ3v) is 7.29. The summed E-state index contributed by atoms with van der Waals surface area (Å²) in [4.78, 5) is -0.0184. The molecule has 4 aromatic rings. The molecule has 0 atom stereocenters. The van der Waals surface area contributed by atoms with Crippen LogP contribution in [0, 0.1) is 0 Å². The zero-order chi connectivity index (χ0) is 21.4. The smallest absolute Gasteiger partial charge is 0.281 e. The van der Waals surface area contributed by atoms with E-state index in [0.29, 0.717) is 16.7 Å². The van der Waals surface area contributed by atoms with E-state index < -0.39 is 20.0 Å². The Morgan fingerprint density at radius 3 is 2.17 bits per heavy atom. The Balaban J connectivity index is 1.83. The summed E-state index contributed by atoms with van der Waals surface area (Å²) in [5, 5.41) is 5.13. The molecule has 3 N–H and O–H groups in total. The Labute approximate surface area is 177 Å². The average Bonchev–Trinajstić information content (AvgIpc) is 3.21. The zero-order valence-electron chi connectivity index (χ0n) is 15.2. The van der Waals surface area contributed by atoms with Gasteiger partial charge in [-0.1, -0.05) is 24.3 Å². The SMILES string of the molecule is NS(=O)(=O)c1ccc(NN(c2cccc3nsnc23)S(=O)(=O)c2ccccc2)cc1. The van der Waals surface area contributed by atoms with E-state index in [4.69, 9.17) is 5.14 Å². The normalized spacial score (nSPS) is 12.0. The molecule has 0 saturated carbocycles. The molecule has 9 nitrogen and oxygen atoms in total. The Kier molecular flexibility index (Phi) is 5.15. The van der Waals surface area contributed by atoms with Crippen LogP contribution in [0.1, 0.15) is 0 Å². The molecule has 12 heteroatoms. The first-order valence-electron chi connectivity index (χ1n) is 8.48. The third kappa shape index (κ3) is 3.85. The van der Waals surface area contributed by atoms with Crippen LogP contribution in [-0.2, 0) is 20.0 Å². The standard InChI is InChI=1S/C18H15N5O4S3/c19-29(24,25)14-11-9-13(10-12-14)20-23(30(26,27)15-5-2-1-3-6-15)17-8-4-7-16-18(17)22-28-21-16/h1-12,20H,(H2,19,24,25). The van der Waals surface area contributed by atoms with Crippen molar-refractivity contribution in [3.05, 3.63) is 72.8 Å². The molecule has 0 aliphatic heterocycles. The number of rotatable bonds is 6. The lowest BCUT2D eigenvalue weighted by Crippen LogP contribution is -2.36. The number of hydrogen-bond donors (Lipinski definition) is 2. The van der Waals surface area contributed by atoms with Gasteiger partial charge in [0.05, 0.1) is 27.2 Å². The molecule has 0 unspecified atom stereocenters. The molecule has 1 aromatic heterocycles. The Bertz CT molecular complexity index is 1400. The highest BCUT2D eigenvalue weighted by atomic mass is 32.2. The van der Waals surface area contributed by atoms with Crippen molar-refractivity contribution < 1.29 is 16.8 Å². The topological polar surface area (TPSA) is 135 Å². The van der Waals surface area contributed by atoms with Crippen LogP contribution in [0.4, 0.5) is 11.4 Å². The number of nitrogens with one attached hydrogen (secondary N) is 1. The summed E-state index contributed by atoms with van der Waals surface area (Å²) in [6, 6.07) is 18.4. The van der Waals surface area contributed by atoms with Crippen LogP contribution in [0.3, 0.4) is 0 Å². The van der Waals surface area contributed by atoms with Crippen LogP contribution in [0.5, 0.6) is 0 Å². The molecule has 0 amide bonds. The lowest BCUT2D eigenvalue weighted by Gasteiger charge is -2.26. The predicted molar refractivity (Wildman–Crippen MR) is 115 cm³/mol. The second-order valence-electron chi connectivity index (χ2n) is 6.17. The van der Waals surface area contributed by atoms with Gasteiger partial charge in [0.2, 0.25) is 10.0 Å². The first-order chi connectivity index (χ1) is 14.3. The molecule has 0 spiro atoms. The van der Waals surface area contributed by atoms with Crippen LogP contribution >= 0.6 is 11.7 Å². The van der Waals surface area contributed by atoms with Crippen molar-refractivity contribution in [3.8, 4) is 0 Å². The van der Waals surface area contributed by atoms with E-state index in [1.807, 2.05) is 0 Å². The monoisotopic (exact) mass is 461 g/mol. The van der Waals surface area contributed by atoms with Gasteiger partial charge in [-0.05, 0) is 48.5 Å². The molecule has 0 aliphatic carbocycles. The van der Waals surface area contributed by atoms with Gasteiger partial charge in [0.15, 0.2) is 0 Å². The molecule has 0 radical (unpaired) electrons. The average molecular weight is 462 g/mol. The zero-order valence-corrected chi connectivity index (χ0v) is 17.7. The molecule has 30 heavy (non-hydrogen) atoms. The van der Waals surface area contributed by atoms with Crippen LogP contribution in [0.2, 0.25) is 0 Å². The van der Waals surface area contributed by atoms with E-state index in [-0.39, 0.29) is 15.5 Å². The van der Waals surface area contributed by atoms with E-state index in [1.165, 1.54) is 36.4 Å². The Morgan fingerprint density at radius 2 is 1.50 bits per heavy atom. The maximum absolute atomic E-state index is 13.4. The van der Waals surface area contributed by atoms with Crippen molar-refractivity contribution in [2.45, 2.75) is 9.79 Å². The van der Waals surface area contributed by atoms with Gasteiger partial charge in [0.1, 0.15) is 16.7 Å². The summed E-state index contributed by atoms with van der Waals surface area (Å²) in [5.74, 6) is 0. The second-order valence-corrected chi connectivity index (χ2v) is 10.0. The van der Waals surface area contributed by atoms with Crippen molar-refractivity contribution in [3.63, 3.8) is 0 Å². The fourth-order valence-corrected chi connectivity index (χ4v) is 5.14. The van der Waals surface area contributed by atoms with E-state index >= 15 is 0 Å². The summed E-state index contributed by atoms with van der Waals surface area (Å²) in [5.41, 5.74) is 4.42. The van der Waals surface area contributed by atoms with Gasteiger partial charge in [0, 0.05) is 0 Å². The van der Waals surface area contributed by atoms with Gasteiger partial charge >= 0.3 is 0 Å². The predicted octanol–water partition coefficient (Wildman–Crippen LogP) is 2.56.